The second-order valence-corrected chi connectivity index (χ2v) is 4.85. The zero-order valence-corrected chi connectivity index (χ0v) is 11.6. The van der Waals surface area contributed by atoms with Crippen LogP contribution in [-0.4, -0.2) is 37.0 Å². The Hall–Kier alpha value is -0.495. The Balaban J connectivity index is 2.27. The third-order valence-corrected chi connectivity index (χ3v) is 3.22. The van der Waals surface area contributed by atoms with Gasteiger partial charge in [0.1, 0.15) is 5.75 Å². The molecule has 1 atom stereocenters. The fourth-order valence-electron chi connectivity index (χ4n) is 2.04. The van der Waals surface area contributed by atoms with Crippen molar-refractivity contribution in [3.05, 3.63) is 22.7 Å². The van der Waals surface area contributed by atoms with E-state index in [2.05, 4.69) is 4.84 Å². The quantitative estimate of drug-likeness (QED) is 0.408. The Morgan fingerprint density at radius 1 is 1.47 bits per heavy atom. The molecular weight excluding hydrogens is 292 g/mol. The number of aliphatic hydroxyl groups excluding tert-OH is 1. The summed E-state index contributed by atoms with van der Waals surface area (Å²) < 4.78 is 10.9. The van der Waals surface area contributed by atoms with E-state index in [9.17, 15) is 5.02 Å². The average Bonchev–Trinajstić information content (AvgIpc) is 2.67. The average molecular weight is 306 g/mol. The van der Waals surface area contributed by atoms with Crippen molar-refractivity contribution in [3.8, 4) is 5.75 Å². The van der Waals surface area contributed by atoms with Crippen molar-refractivity contribution in [1.29, 1.82) is 0 Å². The van der Waals surface area contributed by atoms with Crippen LogP contribution in [0.5, 0.6) is 5.75 Å². The molecule has 1 unspecified atom stereocenters. The largest absolute Gasteiger partial charge is 0.495 e. The minimum absolute atomic E-state index is 0.0423. The fourth-order valence-corrected chi connectivity index (χ4v) is 2.39. The number of ether oxygens (including phenoxy) is 1. The van der Waals surface area contributed by atoms with Gasteiger partial charge in [-0.2, -0.15) is 0 Å². The van der Waals surface area contributed by atoms with Gasteiger partial charge in [-0.25, -0.2) is 4.84 Å². The lowest BCUT2D eigenvalue weighted by atomic mass is 9.78. The summed E-state index contributed by atoms with van der Waals surface area (Å²) in [6, 6.07) is 3.35. The molecule has 104 valence electrons. The highest BCUT2D eigenvalue weighted by atomic mass is 35.5. The first-order valence-electron chi connectivity index (χ1n) is 5.91. The molecule has 3 N–H and O–H groups in total. The Morgan fingerprint density at radius 3 is 2.95 bits per heavy atom. The van der Waals surface area contributed by atoms with E-state index in [1.807, 2.05) is 0 Å². The van der Waals surface area contributed by atoms with Crippen LogP contribution >= 0.6 is 23.4 Å². The number of fused-ring (bicyclic) bond motifs is 1. The molecule has 0 aromatic heterocycles. The van der Waals surface area contributed by atoms with Gasteiger partial charge >= 0.3 is 7.12 Å². The zero-order chi connectivity index (χ0) is 13.8. The highest BCUT2D eigenvalue weighted by Gasteiger charge is 2.38. The predicted octanol–water partition coefficient (Wildman–Crippen LogP) is 0.603. The summed E-state index contributed by atoms with van der Waals surface area (Å²) in [4.78, 5) is 2.48. The molecule has 0 saturated heterocycles. The predicted molar refractivity (Wildman–Crippen MR) is 73.9 cm³/mol. The van der Waals surface area contributed by atoms with Crippen molar-refractivity contribution >= 4 is 36.0 Å². The SMILES string of the molecule is OCCCOc1cc(Cl)cc2c1B(O)OC2CNCl. The minimum Gasteiger partial charge on any atom is -0.494 e. The van der Waals surface area contributed by atoms with E-state index in [1.54, 1.807) is 12.1 Å². The lowest BCUT2D eigenvalue weighted by Gasteiger charge is -2.12. The van der Waals surface area contributed by atoms with Crippen LogP contribution in [-0.2, 0) is 4.65 Å². The second kappa shape index (κ2) is 6.79. The van der Waals surface area contributed by atoms with Gasteiger partial charge in [0.15, 0.2) is 0 Å². The number of hydrogen-bond acceptors (Lipinski definition) is 5. The molecule has 0 bridgehead atoms. The highest BCUT2D eigenvalue weighted by Crippen LogP contribution is 2.30. The second-order valence-electron chi connectivity index (χ2n) is 4.15. The van der Waals surface area contributed by atoms with E-state index in [1.165, 1.54) is 0 Å². The highest BCUT2D eigenvalue weighted by molar-refractivity contribution is 6.63. The van der Waals surface area contributed by atoms with Crippen LogP contribution in [0.25, 0.3) is 0 Å². The molecular formula is C11H14BCl2NO4. The van der Waals surface area contributed by atoms with Crippen molar-refractivity contribution < 1.29 is 19.5 Å². The summed E-state index contributed by atoms with van der Waals surface area (Å²) in [5.74, 6) is 0.473. The molecule has 0 amide bonds. The van der Waals surface area contributed by atoms with Gasteiger partial charge in [0, 0.05) is 30.1 Å². The van der Waals surface area contributed by atoms with Gasteiger partial charge in [0.25, 0.3) is 0 Å². The van der Waals surface area contributed by atoms with Crippen molar-refractivity contribution in [2.45, 2.75) is 12.5 Å². The number of benzene rings is 1. The standard InChI is InChI=1S/C11H14BCl2NO4/c13-7-4-8-10(6-15-14)19-12(17)11(8)9(5-7)18-3-1-2-16/h4-5,10,15-17H,1-3,6H2. The van der Waals surface area contributed by atoms with E-state index >= 15 is 0 Å². The zero-order valence-electron chi connectivity index (χ0n) is 10.1. The van der Waals surface area contributed by atoms with Gasteiger partial charge in [-0.15, -0.1) is 0 Å². The molecule has 1 heterocycles. The van der Waals surface area contributed by atoms with E-state index in [4.69, 9.17) is 37.9 Å². The molecule has 0 radical (unpaired) electrons. The van der Waals surface area contributed by atoms with E-state index in [0.717, 1.165) is 5.56 Å². The van der Waals surface area contributed by atoms with E-state index in [-0.39, 0.29) is 12.7 Å². The van der Waals surface area contributed by atoms with Gasteiger partial charge < -0.3 is 19.5 Å². The molecule has 0 fully saturated rings. The van der Waals surface area contributed by atoms with E-state index in [0.29, 0.717) is 35.8 Å². The number of halogens is 2. The molecule has 5 nitrogen and oxygen atoms in total. The molecule has 1 aliphatic heterocycles. The molecule has 1 aliphatic rings. The summed E-state index contributed by atoms with van der Waals surface area (Å²) in [6.07, 6.45) is 0.131. The Kier molecular flexibility index (Phi) is 5.32. The van der Waals surface area contributed by atoms with Gasteiger partial charge in [-0.3, -0.25) is 0 Å². The summed E-state index contributed by atoms with van der Waals surface area (Å²) in [5, 5.41) is 19.2. The topological polar surface area (TPSA) is 71.0 Å². The van der Waals surface area contributed by atoms with E-state index < -0.39 is 7.12 Å². The first-order valence-corrected chi connectivity index (χ1v) is 6.67. The monoisotopic (exact) mass is 305 g/mol. The number of aliphatic hydroxyl groups is 1. The number of nitrogens with one attached hydrogen (secondary N) is 1. The van der Waals surface area contributed by atoms with Crippen molar-refractivity contribution in [1.82, 2.24) is 4.84 Å². The molecule has 19 heavy (non-hydrogen) atoms. The lowest BCUT2D eigenvalue weighted by molar-refractivity contribution is 0.194. The number of hydrogen-bond donors (Lipinski definition) is 3. The molecule has 0 saturated carbocycles. The van der Waals surface area contributed by atoms with Gasteiger partial charge in [0.2, 0.25) is 0 Å². The third-order valence-electron chi connectivity index (χ3n) is 2.85. The Labute approximate surface area is 121 Å². The summed E-state index contributed by atoms with van der Waals surface area (Å²) in [5.41, 5.74) is 1.33. The van der Waals surface area contributed by atoms with Crippen molar-refractivity contribution in [2.75, 3.05) is 19.8 Å². The maximum Gasteiger partial charge on any atom is 0.495 e. The third kappa shape index (κ3) is 3.34. The molecule has 0 spiro atoms. The van der Waals surface area contributed by atoms with Crippen molar-refractivity contribution in [2.24, 2.45) is 0 Å². The normalized spacial score (nSPS) is 17.7. The van der Waals surface area contributed by atoms with Crippen LogP contribution in [0.2, 0.25) is 5.02 Å². The maximum atomic E-state index is 9.94. The maximum absolute atomic E-state index is 9.94. The molecule has 1 aromatic rings. The van der Waals surface area contributed by atoms with Crippen LogP contribution in [0.1, 0.15) is 18.1 Å². The lowest BCUT2D eigenvalue weighted by Crippen LogP contribution is -2.30. The fraction of sp³-hybridized carbons (Fsp3) is 0.455. The van der Waals surface area contributed by atoms with Crippen LogP contribution in [0.4, 0.5) is 0 Å². The summed E-state index contributed by atoms with van der Waals surface area (Å²) in [6.45, 7) is 0.733. The number of rotatable bonds is 6. The summed E-state index contributed by atoms with van der Waals surface area (Å²) in [7, 11) is -1.06. The van der Waals surface area contributed by atoms with Crippen molar-refractivity contribution in [3.63, 3.8) is 0 Å². The smallest absolute Gasteiger partial charge is 0.494 e. The Bertz CT molecular complexity index is 449. The van der Waals surface area contributed by atoms with Crippen LogP contribution in [0, 0.1) is 0 Å². The van der Waals surface area contributed by atoms with Crippen LogP contribution in [0.15, 0.2) is 12.1 Å². The van der Waals surface area contributed by atoms with Crippen LogP contribution in [0.3, 0.4) is 0 Å². The van der Waals surface area contributed by atoms with Gasteiger partial charge in [-0.05, 0) is 29.5 Å². The van der Waals surface area contributed by atoms with Gasteiger partial charge in [-0.1, -0.05) is 11.6 Å². The minimum atomic E-state index is -1.06. The first-order chi connectivity index (χ1) is 9.17. The van der Waals surface area contributed by atoms with Gasteiger partial charge in [0.05, 0.1) is 12.7 Å². The van der Waals surface area contributed by atoms with Crippen LogP contribution < -0.4 is 15.0 Å². The first kappa shape index (κ1) is 14.9. The Morgan fingerprint density at radius 2 is 2.26 bits per heavy atom. The molecule has 0 aliphatic carbocycles. The molecule has 1 aromatic carbocycles. The summed E-state index contributed by atoms with van der Waals surface area (Å²) >= 11 is 11.5. The molecule has 8 heteroatoms. The molecule has 2 rings (SSSR count).